The van der Waals surface area contributed by atoms with Crippen LogP contribution in [-0.4, -0.2) is 40.8 Å². The van der Waals surface area contributed by atoms with E-state index >= 15 is 0 Å². The highest BCUT2D eigenvalue weighted by Gasteiger charge is 2.13. The van der Waals surface area contributed by atoms with Crippen molar-refractivity contribution >= 4 is 11.9 Å². The molecule has 1 aliphatic carbocycles. The lowest BCUT2D eigenvalue weighted by molar-refractivity contribution is 0.0347. The molecule has 0 spiro atoms. The first-order chi connectivity index (χ1) is 10.3. The molecule has 8 nitrogen and oxygen atoms in total. The number of ether oxygens (including phenoxy) is 2. The van der Waals surface area contributed by atoms with Crippen LogP contribution in [0.15, 0.2) is 0 Å². The summed E-state index contributed by atoms with van der Waals surface area (Å²) in [5.41, 5.74) is 2.39. The molecule has 1 aromatic heterocycles. The largest absolute Gasteiger partial charge is 0.464 e. The zero-order valence-corrected chi connectivity index (χ0v) is 12.5. The molecule has 1 aromatic rings. The second-order valence-corrected chi connectivity index (χ2v) is 4.90. The summed E-state index contributed by atoms with van der Waals surface area (Å²) in [5, 5.41) is 3.09. The van der Waals surface area contributed by atoms with Crippen molar-refractivity contribution in [1.82, 2.24) is 15.0 Å². The Bertz CT molecular complexity index is 425. The van der Waals surface area contributed by atoms with Crippen molar-refractivity contribution in [2.45, 2.75) is 45.1 Å². The van der Waals surface area contributed by atoms with Crippen molar-refractivity contribution in [3.8, 4) is 6.01 Å². The molecule has 21 heavy (non-hydrogen) atoms. The molecule has 118 valence electrons. The molecule has 1 saturated carbocycles. The summed E-state index contributed by atoms with van der Waals surface area (Å²) in [6.07, 6.45) is 6.61. The normalized spacial score (nSPS) is 15.7. The Morgan fingerprint density at radius 3 is 2.62 bits per heavy atom. The number of hydrogen-bond acceptors (Lipinski definition) is 8. The van der Waals surface area contributed by atoms with E-state index in [9.17, 15) is 0 Å². The smallest absolute Gasteiger partial charge is 0.323 e. The maximum Gasteiger partial charge on any atom is 0.323 e. The highest BCUT2D eigenvalue weighted by Crippen LogP contribution is 2.20. The van der Waals surface area contributed by atoms with E-state index in [-0.39, 0.29) is 12.0 Å². The summed E-state index contributed by atoms with van der Waals surface area (Å²) in [6.45, 7) is 3.62. The van der Waals surface area contributed by atoms with Crippen molar-refractivity contribution in [3.63, 3.8) is 0 Å². The third kappa shape index (κ3) is 5.31. The number of hydrazine groups is 1. The van der Waals surface area contributed by atoms with E-state index in [0.717, 1.165) is 0 Å². The summed E-state index contributed by atoms with van der Waals surface area (Å²) in [6, 6.07) is 0.246. The molecular formula is C13H24N6O2. The van der Waals surface area contributed by atoms with E-state index in [1.807, 2.05) is 6.92 Å². The molecular weight excluding hydrogens is 272 g/mol. The Morgan fingerprint density at radius 2 is 1.90 bits per heavy atom. The molecule has 0 atom stereocenters. The minimum atomic E-state index is 0.246. The number of nitrogens with zero attached hydrogens (tertiary/aromatic N) is 3. The van der Waals surface area contributed by atoms with E-state index in [0.29, 0.717) is 31.8 Å². The van der Waals surface area contributed by atoms with Crippen LogP contribution in [0.3, 0.4) is 0 Å². The molecule has 0 bridgehead atoms. The summed E-state index contributed by atoms with van der Waals surface area (Å²) >= 11 is 0. The van der Waals surface area contributed by atoms with Gasteiger partial charge >= 0.3 is 6.01 Å². The standard InChI is InChI=1S/C13H24N6O2/c1-2-20-13-17-11(16-12(18-13)19-14)15-8-9-21-10-6-4-3-5-7-10/h10H,2-9,14H2,1H3,(H2,15,16,17,18,19). The first-order valence-corrected chi connectivity index (χ1v) is 7.52. The first kappa shape index (κ1) is 15.7. The monoisotopic (exact) mass is 296 g/mol. The second kappa shape index (κ2) is 8.58. The van der Waals surface area contributed by atoms with E-state index in [2.05, 4.69) is 25.7 Å². The SMILES string of the molecule is CCOc1nc(NN)nc(NCCOC2CCCCC2)n1. The highest BCUT2D eigenvalue weighted by atomic mass is 16.5. The van der Waals surface area contributed by atoms with Gasteiger partial charge in [-0.05, 0) is 19.8 Å². The summed E-state index contributed by atoms with van der Waals surface area (Å²) in [5.74, 6) is 6.02. The van der Waals surface area contributed by atoms with Crippen LogP contribution in [0.25, 0.3) is 0 Å². The number of anilines is 2. The van der Waals surface area contributed by atoms with Gasteiger partial charge in [0.05, 0.1) is 19.3 Å². The average molecular weight is 296 g/mol. The maximum absolute atomic E-state index is 5.83. The molecule has 2 rings (SSSR count). The predicted octanol–water partition coefficient (Wildman–Crippen LogP) is 1.32. The van der Waals surface area contributed by atoms with Crippen LogP contribution < -0.4 is 21.3 Å². The molecule has 1 aliphatic rings. The van der Waals surface area contributed by atoms with Crippen LogP contribution in [0.5, 0.6) is 6.01 Å². The lowest BCUT2D eigenvalue weighted by Crippen LogP contribution is -2.21. The van der Waals surface area contributed by atoms with E-state index in [1.54, 1.807) is 0 Å². The summed E-state index contributed by atoms with van der Waals surface area (Å²) in [7, 11) is 0. The molecule has 0 unspecified atom stereocenters. The zero-order valence-electron chi connectivity index (χ0n) is 12.5. The topological polar surface area (TPSA) is 107 Å². The van der Waals surface area contributed by atoms with Crippen LogP contribution in [-0.2, 0) is 4.74 Å². The van der Waals surface area contributed by atoms with Gasteiger partial charge in [0, 0.05) is 6.54 Å². The third-order valence-electron chi connectivity index (χ3n) is 3.31. The zero-order chi connectivity index (χ0) is 14.9. The van der Waals surface area contributed by atoms with Gasteiger partial charge in [0.15, 0.2) is 0 Å². The van der Waals surface area contributed by atoms with Gasteiger partial charge in [-0.3, -0.25) is 5.43 Å². The van der Waals surface area contributed by atoms with Crippen molar-refractivity contribution < 1.29 is 9.47 Å². The van der Waals surface area contributed by atoms with E-state index < -0.39 is 0 Å². The second-order valence-electron chi connectivity index (χ2n) is 4.90. The van der Waals surface area contributed by atoms with Crippen molar-refractivity contribution in [3.05, 3.63) is 0 Å². The number of rotatable bonds is 8. The lowest BCUT2D eigenvalue weighted by Gasteiger charge is -2.22. The predicted molar refractivity (Wildman–Crippen MR) is 80.1 cm³/mol. The Kier molecular flexibility index (Phi) is 6.42. The first-order valence-electron chi connectivity index (χ1n) is 7.52. The van der Waals surface area contributed by atoms with Gasteiger partial charge in [0.1, 0.15) is 0 Å². The summed E-state index contributed by atoms with van der Waals surface area (Å²) < 4.78 is 11.1. The van der Waals surface area contributed by atoms with Crippen LogP contribution in [0.4, 0.5) is 11.9 Å². The van der Waals surface area contributed by atoms with Crippen molar-refractivity contribution in [2.24, 2.45) is 5.84 Å². The van der Waals surface area contributed by atoms with Crippen LogP contribution in [0.2, 0.25) is 0 Å². The summed E-state index contributed by atoms with van der Waals surface area (Å²) in [4.78, 5) is 12.3. The Hall–Kier alpha value is -1.67. The molecule has 1 fully saturated rings. The van der Waals surface area contributed by atoms with Crippen LogP contribution >= 0.6 is 0 Å². The maximum atomic E-state index is 5.83. The molecule has 4 N–H and O–H groups in total. The third-order valence-corrected chi connectivity index (χ3v) is 3.31. The van der Waals surface area contributed by atoms with Gasteiger partial charge in [-0.25, -0.2) is 5.84 Å². The fourth-order valence-corrected chi connectivity index (χ4v) is 2.31. The minimum Gasteiger partial charge on any atom is -0.464 e. The van der Waals surface area contributed by atoms with Gasteiger partial charge < -0.3 is 14.8 Å². The quantitative estimate of drug-likeness (QED) is 0.374. The molecule has 0 radical (unpaired) electrons. The number of nitrogens with two attached hydrogens (primary N) is 1. The lowest BCUT2D eigenvalue weighted by atomic mass is 9.98. The Morgan fingerprint density at radius 1 is 1.14 bits per heavy atom. The van der Waals surface area contributed by atoms with Crippen LogP contribution in [0.1, 0.15) is 39.0 Å². The van der Waals surface area contributed by atoms with E-state index in [1.165, 1.54) is 32.1 Å². The van der Waals surface area contributed by atoms with Crippen LogP contribution in [0, 0.1) is 0 Å². The number of hydrogen-bond donors (Lipinski definition) is 3. The number of nitrogens with one attached hydrogen (secondary N) is 2. The molecule has 8 heteroatoms. The highest BCUT2D eigenvalue weighted by molar-refractivity contribution is 5.34. The molecule has 0 amide bonds. The van der Waals surface area contributed by atoms with Gasteiger partial charge in [-0.1, -0.05) is 19.3 Å². The van der Waals surface area contributed by atoms with Gasteiger partial charge in [-0.15, -0.1) is 0 Å². The molecule has 0 aliphatic heterocycles. The number of aromatic nitrogens is 3. The Balaban J connectivity index is 1.77. The van der Waals surface area contributed by atoms with Crippen molar-refractivity contribution in [2.75, 3.05) is 30.5 Å². The average Bonchev–Trinajstić information content (AvgIpc) is 2.53. The van der Waals surface area contributed by atoms with Crippen molar-refractivity contribution in [1.29, 1.82) is 0 Å². The molecule has 0 saturated heterocycles. The molecule has 1 heterocycles. The van der Waals surface area contributed by atoms with Gasteiger partial charge in [0.2, 0.25) is 11.9 Å². The minimum absolute atomic E-state index is 0.246. The fourth-order valence-electron chi connectivity index (χ4n) is 2.31. The molecule has 0 aromatic carbocycles. The number of nitrogen functional groups attached to an aromatic ring is 1. The van der Waals surface area contributed by atoms with Gasteiger partial charge in [-0.2, -0.15) is 15.0 Å². The van der Waals surface area contributed by atoms with Gasteiger partial charge in [0.25, 0.3) is 0 Å². The Labute approximate surface area is 124 Å². The fraction of sp³-hybridized carbons (Fsp3) is 0.769. The van der Waals surface area contributed by atoms with E-state index in [4.69, 9.17) is 15.3 Å².